The zero-order chi connectivity index (χ0) is 25.8. The molecule has 1 aliphatic rings. The monoisotopic (exact) mass is 499 g/mol. The summed E-state index contributed by atoms with van der Waals surface area (Å²) >= 11 is 0. The Labute approximate surface area is 208 Å². The van der Waals surface area contributed by atoms with Gasteiger partial charge in [0.05, 0.1) is 11.1 Å². The molecule has 3 aromatic carbocycles. The van der Waals surface area contributed by atoms with E-state index in [1.165, 1.54) is 36.4 Å². The molecule has 0 saturated carbocycles. The van der Waals surface area contributed by atoms with E-state index in [4.69, 9.17) is 0 Å². The van der Waals surface area contributed by atoms with Gasteiger partial charge in [-0.25, -0.2) is 4.39 Å². The van der Waals surface area contributed by atoms with E-state index >= 15 is 0 Å². The molecule has 3 nitrogen and oxygen atoms in total. The Kier molecular flexibility index (Phi) is 7.79. The van der Waals surface area contributed by atoms with Crippen LogP contribution in [-0.2, 0) is 11.7 Å². The minimum Gasteiger partial charge on any atom is -0.508 e. The molecule has 0 bridgehead atoms. The zero-order valence-electron chi connectivity index (χ0n) is 19.9. The first-order valence-corrected chi connectivity index (χ1v) is 12.2. The van der Waals surface area contributed by atoms with Crippen molar-refractivity contribution in [3.8, 4) is 5.75 Å². The van der Waals surface area contributed by atoms with E-state index < -0.39 is 23.1 Å². The quantitative estimate of drug-likeness (QED) is 0.261. The van der Waals surface area contributed by atoms with E-state index in [1.807, 2.05) is 0 Å². The van der Waals surface area contributed by atoms with Gasteiger partial charge in [-0.3, -0.25) is 9.69 Å². The first kappa shape index (κ1) is 25.9. The molecular formula is C29H29F4NO2. The third kappa shape index (κ3) is 5.62. The highest BCUT2D eigenvalue weighted by Gasteiger charge is 2.42. The number of hydrogen-bond donors (Lipinski definition) is 1. The summed E-state index contributed by atoms with van der Waals surface area (Å²) in [7, 11) is 0. The highest BCUT2D eigenvalue weighted by Crippen LogP contribution is 2.44. The number of hydrogen-bond acceptors (Lipinski definition) is 3. The van der Waals surface area contributed by atoms with Crippen molar-refractivity contribution in [3.05, 3.63) is 101 Å². The molecule has 4 rings (SSSR count). The largest absolute Gasteiger partial charge is 0.508 e. The van der Waals surface area contributed by atoms with Crippen LogP contribution < -0.4 is 0 Å². The number of alkyl halides is 3. The number of phenolic OH excluding ortho intramolecular Hbond substituents is 1. The molecule has 1 atom stereocenters. The Hall–Kier alpha value is -3.19. The van der Waals surface area contributed by atoms with E-state index in [9.17, 15) is 27.5 Å². The lowest BCUT2D eigenvalue weighted by molar-refractivity contribution is -0.137. The molecule has 0 aliphatic carbocycles. The minimum absolute atomic E-state index is 0.0711. The van der Waals surface area contributed by atoms with E-state index in [0.29, 0.717) is 37.1 Å². The number of Topliss-reactive ketones (excluding diaryl/α,β-unsaturated/α-hetero) is 1. The topological polar surface area (TPSA) is 40.5 Å². The number of benzene rings is 3. The summed E-state index contributed by atoms with van der Waals surface area (Å²) in [6.07, 6.45) is -0.584. The number of piperidine rings is 1. The van der Waals surface area contributed by atoms with Crippen LogP contribution >= 0.6 is 0 Å². The van der Waals surface area contributed by atoms with Crippen molar-refractivity contribution in [1.29, 1.82) is 0 Å². The van der Waals surface area contributed by atoms with Crippen molar-refractivity contribution < 1.29 is 27.5 Å². The van der Waals surface area contributed by atoms with Crippen molar-refractivity contribution >= 4 is 5.78 Å². The minimum atomic E-state index is -4.49. The fraction of sp³-hybridized carbons (Fsp3) is 0.345. The predicted molar refractivity (Wildman–Crippen MR) is 130 cm³/mol. The van der Waals surface area contributed by atoms with Crippen LogP contribution in [0.5, 0.6) is 5.75 Å². The maximum absolute atomic E-state index is 13.7. The summed E-state index contributed by atoms with van der Waals surface area (Å²) in [5.74, 6) is -0.494. The molecule has 1 unspecified atom stereocenters. The second kappa shape index (κ2) is 10.8. The van der Waals surface area contributed by atoms with Gasteiger partial charge in [0, 0.05) is 12.0 Å². The molecule has 0 aromatic heterocycles. The van der Waals surface area contributed by atoms with E-state index in [2.05, 4.69) is 4.90 Å². The molecule has 3 aromatic rings. The molecule has 36 heavy (non-hydrogen) atoms. The maximum atomic E-state index is 13.7. The van der Waals surface area contributed by atoms with Gasteiger partial charge >= 0.3 is 6.18 Å². The van der Waals surface area contributed by atoms with Crippen LogP contribution in [0, 0.1) is 5.82 Å². The van der Waals surface area contributed by atoms with E-state index in [-0.39, 0.29) is 18.0 Å². The van der Waals surface area contributed by atoms with Crippen LogP contribution in [0.15, 0.2) is 72.8 Å². The first-order chi connectivity index (χ1) is 17.2. The van der Waals surface area contributed by atoms with Gasteiger partial charge in [-0.1, -0.05) is 30.7 Å². The summed E-state index contributed by atoms with van der Waals surface area (Å²) in [6, 6.07) is 17.4. The lowest BCUT2D eigenvalue weighted by atomic mass is 9.75. The van der Waals surface area contributed by atoms with Gasteiger partial charge in [0.2, 0.25) is 0 Å². The molecule has 0 spiro atoms. The molecule has 1 saturated heterocycles. The Balaban J connectivity index is 1.75. The molecule has 1 fully saturated rings. The number of halogens is 4. The van der Waals surface area contributed by atoms with E-state index in [0.717, 1.165) is 30.9 Å². The third-order valence-corrected chi connectivity index (χ3v) is 7.02. The average Bonchev–Trinajstić information content (AvgIpc) is 2.88. The normalized spacial score (nSPS) is 16.4. The standard InChI is InChI=1S/C29H29F4NO2/c30-25-13-9-21(10-14-25)27(36)8-5-17-28(34-18-2-1-3-19-34,22-11-15-26(35)16-12-22)23-6-4-7-24(20-23)29(31,32)33/h4,6-7,9-16,20,35H,1-3,5,8,17-19H2. The van der Waals surface area contributed by atoms with Crippen molar-refractivity contribution in [2.24, 2.45) is 0 Å². The number of likely N-dealkylation sites (tertiary alicyclic amines) is 1. The van der Waals surface area contributed by atoms with Crippen molar-refractivity contribution in [2.45, 2.75) is 50.2 Å². The number of ketones is 1. The molecule has 190 valence electrons. The highest BCUT2D eigenvalue weighted by atomic mass is 19.4. The van der Waals surface area contributed by atoms with Crippen molar-refractivity contribution in [1.82, 2.24) is 4.90 Å². The van der Waals surface area contributed by atoms with Gasteiger partial charge in [-0.05, 0) is 98.4 Å². The fourth-order valence-corrected chi connectivity index (χ4v) is 5.23. The second-order valence-corrected chi connectivity index (χ2v) is 9.32. The molecule has 1 heterocycles. The lowest BCUT2D eigenvalue weighted by Crippen LogP contribution is -2.49. The van der Waals surface area contributed by atoms with Crippen molar-refractivity contribution in [3.63, 3.8) is 0 Å². The molecule has 7 heteroatoms. The van der Waals surface area contributed by atoms with Crippen LogP contribution in [0.4, 0.5) is 17.6 Å². The maximum Gasteiger partial charge on any atom is 0.416 e. The van der Waals surface area contributed by atoms with Gasteiger partial charge < -0.3 is 5.11 Å². The first-order valence-electron chi connectivity index (χ1n) is 12.2. The molecule has 1 aliphatic heterocycles. The zero-order valence-corrected chi connectivity index (χ0v) is 19.9. The van der Waals surface area contributed by atoms with Crippen LogP contribution in [0.1, 0.15) is 65.6 Å². The summed E-state index contributed by atoms with van der Waals surface area (Å²) in [5, 5.41) is 9.91. The highest BCUT2D eigenvalue weighted by molar-refractivity contribution is 5.95. The van der Waals surface area contributed by atoms with Gasteiger partial charge in [0.25, 0.3) is 0 Å². The number of phenols is 1. The number of rotatable bonds is 8. The fourth-order valence-electron chi connectivity index (χ4n) is 5.23. The second-order valence-electron chi connectivity index (χ2n) is 9.32. The summed E-state index contributed by atoms with van der Waals surface area (Å²) in [6.45, 7) is 1.42. The van der Waals surface area contributed by atoms with E-state index in [1.54, 1.807) is 30.3 Å². The van der Waals surface area contributed by atoms with Crippen LogP contribution in [0.3, 0.4) is 0 Å². The average molecular weight is 500 g/mol. The predicted octanol–water partition coefficient (Wildman–Crippen LogP) is 7.33. The number of carbonyl (C=O) groups excluding carboxylic acids is 1. The van der Waals surface area contributed by atoms with Gasteiger partial charge in [-0.2, -0.15) is 13.2 Å². The molecular weight excluding hydrogens is 470 g/mol. The number of carbonyl (C=O) groups is 1. The molecule has 0 radical (unpaired) electrons. The molecule has 1 N–H and O–H groups in total. The Morgan fingerprint density at radius 2 is 1.47 bits per heavy atom. The summed E-state index contributed by atoms with van der Waals surface area (Å²) in [4.78, 5) is 15.0. The smallest absolute Gasteiger partial charge is 0.416 e. The Morgan fingerprint density at radius 3 is 2.11 bits per heavy atom. The van der Waals surface area contributed by atoms with Gasteiger partial charge in [0.1, 0.15) is 11.6 Å². The third-order valence-electron chi connectivity index (χ3n) is 7.02. The molecule has 0 amide bonds. The van der Waals surface area contributed by atoms with Crippen LogP contribution in [0.25, 0.3) is 0 Å². The summed E-state index contributed by atoms with van der Waals surface area (Å²) < 4.78 is 54.4. The van der Waals surface area contributed by atoms with Gasteiger partial charge in [0.15, 0.2) is 5.78 Å². The van der Waals surface area contributed by atoms with Crippen LogP contribution in [0.2, 0.25) is 0 Å². The SMILES string of the molecule is O=C(CCCC(c1ccc(O)cc1)(c1cccc(C(F)(F)F)c1)N1CCCCC1)c1ccc(F)cc1. The Morgan fingerprint density at radius 1 is 0.833 bits per heavy atom. The Bertz CT molecular complexity index is 1170. The van der Waals surface area contributed by atoms with Crippen molar-refractivity contribution in [2.75, 3.05) is 13.1 Å². The number of aromatic hydroxyl groups is 1. The number of nitrogens with zero attached hydrogens (tertiary/aromatic N) is 1. The lowest BCUT2D eigenvalue weighted by Gasteiger charge is -2.47. The van der Waals surface area contributed by atoms with Gasteiger partial charge in [-0.15, -0.1) is 0 Å². The van der Waals surface area contributed by atoms with Crippen LogP contribution in [-0.4, -0.2) is 28.9 Å². The summed E-state index contributed by atoms with van der Waals surface area (Å²) in [5.41, 5.74) is 0.0690.